The van der Waals surface area contributed by atoms with Gasteiger partial charge < -0.3 is 16.8 Å². The molecule has 1 heterocycles. The number of rotatable bonds is 5. The summed E-state index contributed by atoms with van der Waals surface area (Å²) in [5.41, 5.74) is 11.2. The number of aromatic nitrogens is 1. The number of hydrogen-bond acceptors (Lipinski definition) is 5. The fourth-order valence-corrected chi connectivity index (χ4v) is 2.47. The van der Waals surface area contributed by atoms with Gasteiger partial charge in [0.15, 0.2) is 5.82 Å². The molecule has 5 N–H and O–H groups in total. The third kappa shape index (κ3) is 2.27. The smallest absolute Gasteiger partial charge is 0.255 e. The van der Waals surface area contributed by atoms with E-state index in [1.807, 2.05) is 0 Å². The lowest BCUT2D eigenvalue weighted by Crippen LogP contribution is -2.17. The van der Waals surface area contributed by atoms with Crippen molar-refractivity contribution in [2.45, 2.75) is 19.8 Å². The van der Waals surface area contributed by atoms with E-state index in [-0.39, 0.29) is 5.82 Å². The van der Waals surface area contributed by atoms with Crippen molar-refractivity contribution in [3.8, 4) is 0 Å². The summed E-state index contributed by atoms with van der Waals surface area (Å²) in [6.45, 7) is 3.05. The molecular formula is C10H16N4OS. The number of nitrogen functional groups attached to an aromatic ring is 1. The van der Waals surface area contributed by atoms with Crippen LogP contribution in [0.4, 0.5) is 10.8 Å². The number of nitrogens with two attached hydrogens (primary N) is 2. The molecular weight excluding hydrogens is 224 g/mol. The molecule has 0 aromatic carbocycles. The summed E-state index contributed by atoms with van der Waals surface area (Å²) in [5, 5.41) is 3.90. The van der Waals surface area contributed by atoms with Gasteiger partial charge in [0, 0.05) is 6.54 Å². The average Bonchev–Trinajstić information content (AvgIpc) is 2.99. The molecule has 2 rings (SSSR count). The van der Waals surface area contributed by atoms with Crippen molar-refractivity contribution in [3.63, 3.8) is 0 Å². The van der Waals surface area contributed by atoms with Crippen LogP contribution in [0.1, 0.15) is 30.1 Å². The summed E-state index contributed by atoms with van der Waals surface area (Å²) in [4.78, 5) is 11.2. The molecule has 16 heavy (non-hydrogen) atoms. The van der Waals surface area contributed by atoms with Gasteiger partial charge in [-0.15, -0.1) is 0 Å². The van der Waals surface area contributed by atoms with Gasteiger partial charge >= 0.3 is 0 Å². The first kappa shape index (κ1) is 11.2. The number of nitrogens with zero attached hydrogens (tertiary/aromatic N) is 1. The first-order chi connectivity index (χ1) is 7.59. The Balaban J connectivity index is 2.00. The van der Waals surface area contributed by atoms with Gasteiger partial charge in [0.05, 0.1) is 0 Å². The van der Waals surface area contributed by atoms with Crippen molar-refractivity contribution in [2.24, 2.45) is 17.6 Å². The van der Waals surface area contributed by atoms with Crippen LogP contribution < -0.4 is 16.8 Å². The average molecular weight is 240 g/mol. The third-order valence-electron chi connectivity index (χ3n) is 2.98. The molecule has 6 heteroatoms. The number of carbonyl (C=O) groups excluding carboxylic acids is 1. The van der Waals surface area contributed by atoms with E-state index < -0.39 is 5.91 Å². The number of primary amides is 1. The molecule has 0 spiro atoms. The van der Waals surface area contributed by atoms with E-state index >= 15 is 0 Å². The van der Waals surface area contributed by atoms with Crippen LogP contribution in [0, 0.1) is 11.8 Å². The first-order valence-electron chi connectivity index (χ1n) is 5.38. The summed E-state index contributed by atoms with van der Waals surface area (Å²) in [6, 6.07) is 0. The summed E-state index contributed by atoms with van der Waals surface area (Å²) in [7, 11) is 0. The van der Waals surface area contributed by atoms with Gasteiger partial charge in [-0.3, -0.25) is 4.79 Å². The quantitative estimate of drug-likeness (QED) is 0.722. The van der Waals surface area contributed by atoms with Crippen molar-refractivity contribution in [3.05, 3.63) is 5.56 Å². The van der Waals surface area contributed by atoms with E-state index in [9.17, 15) is 4.79 Å². The lowest BCUT2D eigenvalue weighted by atomic mass is 10.1. The molecule has 1 aromatic heterocycles. The predicted octanol–water partition coefficient (Wildman–Crippen LogP) is 1.28. The second-order valence-electron chi connectivity index (χ2n) is 4.33. The molecule has 1 atom stereocenters. The van der Waals surface area contributed by atoms with Gasteiger partial charge in [-0.25, -0.2) is 0 Å². The zero-order valence-corrected chi connectivity index (χ0v) is 10.0. The van der Waals surface area contributed by atoms with E-state index in [2.05, 4.69) is 16.6 Å². The van der Waals surface area contributed by atoms with Gasteiger partial charge in [0.2, 0.25) is 0 Å². The molecule has 1 amide bonds. The van der Waals surface area contributed by atoms with E-state index in [0.717, 1.165) is 12.5 Å². The molecule has 0 aliphatic heterocycles. The van der Waals surface area contributed by atoms with Crippen molar-refractivity contribution in [1.82, 2.24) is 4.37 Å². The molecule has 0 bridgehead atoms. The minimum atomic E-state index is -0.521. The highest BCUT2D eigenvalue weighted by Crippen LogP contribution is 2.37. The maximum atomic E-state index is 11.2. The van der Waals surface area contributed by atoms with Crippen molar-refractivity contribution < 1.29 is 4.79 Å². The molecule has 1 aliphatic carbocycles. The molecule has 1 fully saturated rings. The first-order valence-corrected chi connectivity index (χ1v) is 6.15. The molecule has 0 saturated heterocycles. The van der Waals surface area contributed by atoms with Crippen LogP contribution in [0.2, 0.25) is 0 Å². The number of hydrogen-bond donors (Lipinski definition) is 3. The van der Waals surface area contributed by atoms with E-state index in [1.54, 1.807) is 0 Å². The highest BCUT2D eigenvalue weighted by Gasteiger charge is 2.28. The van der Waals surface area contributed by atoms with E-state index in [4.69, 9.17) is 11.5 Å². The molecule has 88 valence electrons. The molecule has 0 radical (unpaired) electrons. The topological polar surface area (TPSA) is 94.0 Å². The molecule has 1 aliphatic rings. The Bertz CT molecular complexity index is 400. The number of anilines is 2. The molecule has 1 unspecified atom stereocenters. The minimum Gasteiger partial charge on any atom is -0.382 e. The Labute approximate surface area is 98.4 Å². The summed E-state index contributed by atoms with van der Waals surface area (Å²) < 4.78 is 3.93. The fraction of sp³-hybridized carbons (Fsp3) is 0.600. The third-order valence-corrected chi connectivity index (χ3v) is 3.80. The lowest BCUT2D eigenvalue weighted by molar-refractivity contribution is 0.100. The Kier molecular flexibility index (Phi) is 3.00. The van der Waals surface area contributed by atoms with Crippen LogP contribution in [-0.4, -0.2) is 16.8 Å². The Hall–Kier alpha value is -1.30. The van der Waals surface area contributed by atoms with Gasteiger partial charge in [0.1, 0.15) is 10.6 Å². The van der Waals surface area contributed by atoms with Crippen LogP contribution in [0.3, 0.4) is 0 Å². The van der Waals surface area contributed by atoms with Crippen molar-refractivity contribution in [2.75, 3.05) is 17.6 Å². The highest BCUT2D eigenvalue weighted by molar-refractivity contribution is 7.11. The Morgan fingerprint density at radius 1 is 1.69 bits per heavy atom. The second kappa shape index (κ2) is 4.29. The van der Waals surface area contributed by atoms with Crippen LogP contribution >= 0.6 is 11.5 Å². The largest absolute Gasteiger partial charge is 0.382 e. The SMILES string of the molecule is CC(CNc1snc(N)c1C(N)=O)C1CC1. The summed E-state index contributed by atoms with van der Waals surface area (Å²) >= 11 is 1.19. The monoisotopic (exact) mass is 240 g/mol. The normalized spacial score (nSPS) is 17.1. The highest BCUT2D eigenvalue weighted by atomic mass is 32.1. The molecule has 1 aromatic rings. The van der Waals surface area contributed by atoms with Crippen molar-refractivity contribution >= 4 is 28.3 Å². The van der Waals surface area contributed by atoms with Gasteiger partial charge in [0.25, 0.3) is 5.91 Å². The minimum absolute atomic E-state index is 0.221. The van der Waals surface area contributed by atoms with Crippen molar-refractivity contribution in [1.29, 1.82) is 0 Å². The van der Waals surface area contributed by atoms with Gasteiger partial charge in [-0.1, -0.05) is 6.92 Å². The van der Waals surface area contributed by atoms with E-state index in [0.29, 0.717) is 16.5 Å². The maximum Gasteiger partial charge on any atom is 0.255 e. The van der Waals surface area contributed by atoms with Crippen LogP contribution in [0.5, 0.6) is 0 Å². The second-order valence-corrected chi connectivity index (χ2v) is 5.11. The summed E-state index contributed by atoms with van der Waals surface area (Å²) in [5.74, 6) is 1.14. The maximum absolute atomic E-state index is 11.2. The predicted molar refractivity (Wildman–Crippen MR) is 65.4 cm³/mol. The van der Waals surface area contributed by atoms with Crippen LogP contribution in [0.25, 0.3) is 0 Å². The number of amides is 1. The van der Waals surface area contributed by atoms with Crippen LogP contribution in [-0.2, 0) is 0 Å². The van der Waals surface area contributed by atoms with Gasteiger partial charge in [-0.2, -0.15) is 4.37 Å². The fourth-order valence-electron chi connectivity index (χ4n) is 1.75. The molecule has 1 saturated carbocycles. The van der Waals surface area contributed by atoms with Gasteiger partial charge in [-0.05, 0) is 36.2 Å². The van der Waals surface area contributed by atoms with E-state index in [1.165, 1.54) is 24.4 Å². The Morgan fingerprint density at radius 3 is 2.94 bits per heavy atom. The lowest BCUT2D eigenvalue weighted by Gasteiger charge is -2.11. The number of carbonyl (C=O) groups is 1. The summed E-state index contributed by atoms with van der Waals surface area (Å²) in [6.07, 6.45) is 2.63. The standard InChI is InChI=1S/C10H16N4OS/c1-5(6-2-3-6)4-13-10-7(9(12)15)8(11)14-16-10/h5-6,13H,2-4H2,1H3,(H2,11,14)(H2,12,15). The zero-order chi connectivity index (χ0) is 11.7. The zero-order valence-electron chi connectivity index (χ0n) is 9.19. The van der Waals surface area contributed by atoms with Crippen LogP contribution in [0.15, 0.2) is 0 Å². The Morgan fingerprint density at radius 2 is 2.38 bits per heavy atom. The molecule has 5 nitrogen and oxygen atoms in total. The number of nitrogens with one attached hydrogen (secondary N) is 1.